The molecule has 144 valence electrons. The molecule has 0 spiro atoms. The molecule has 1 aliphatic rings. The van der Waals surface area contributed by atoms with Crippen LogP contribution < -0.4 is 10.6 Å². The molecule has 1 heterocycles. The van der Waals surface area contributed by atoms with E-state index in [-0.39, 0.29) is 5.91 Å². The molecule has 28 heavy (non-hydrogen) atoms. The molecule has 0 unspecified atom stereocenters. The molecule has 0 bridgehead atoms. The number of nitrogens with zero attached hydrogens (tertiary/aromatic N) is 1. The number of rotatable bonds is 6. The summed E-state index contributed by atoms with van der Waals surface area (Å²) in [6.45, 7) is 0. The molecule has 1 aromatic heterocycles. The summed E-state index contributed by atoms with van der Waals surface area (Å²) in [6, 6.07) is 16.1. The van der Waals surface area contributed by atoms with E-state index in [0.717, 1.165) is 22.1 Å². The van der Waals surface area contributed by atoms with E-state index in [9.17, 15) is 4.79 Å². The van der Waals surface area contributed by atoms with Crippen LogP contribution in [0.25, 0.3) is 11.3 Å². The Morgan fingerprint density at radius 2 is 1.93 bits per heavy atom. The fourth-order valence-corrected chi connectivity index (χ4v) is 4.62. The van der Waals surface area contributed by atoms with Crippen molar-refractivity contribution in [1.82, 2.24) is 4.98 Å². The van der Waals surface area contributed by atoms with E-state index < -0.39 is 0 Å². The highest BCUT2D eigenvalue weighted by Crippen LogP contribution is 2.29. The molecule has 3 aromatic rings. The van der Waals surface area contributed by atoms with Crippen molar-refractivity contribution >= 4 is 39.8 Å². The molecule has 0 atom stereocenters. The third-order valence-electron chi connectivity index (χ3n) is 4.96. The number of benzene rings is 2. The van der Waals surface area contributed by atoms with Gasteiger partial charge in [-0.15, -0.1) is 23.1 Å². The second kappa shape index (κ2) is 8.80. The predicted octanol–water partition coefficient (Wildman–Crippen LogP) is 6.14. The molecule has 2 N–H and O–H groups in total. The molecular formula is C22H23N3OS2. The smallest absolute Gasteiger partial charge is 0.255 e. The van der Waals surface area contributed by atoms with Crippen LogP contribution in [0.3, 0.4) is 0 Å². The van der Waals surface area contributed by atoms with E-state index in [1.165, 1.54) is 30.6 Å². The minimum Gasteiger partial charge on any atom is -0.359 e. The Morgan fingerprint density at radius 3 is 2.68 bits per heavy atom. The number of amides is 1. The van der Waals surface area contributed by atoms with Crippen molar-refractivity contribution in [2.24, 2.45) is 0 Å². The lowest BCUT2D eigenvalue weighted by molar-refractivity contribution is 0.102. The molecule has 0 radical (unpaired) electrons. The molecule has 1 saturated carbocycles. The van der Waals surface area contributed by atoms with Crippen LogP contribution in [-0.2, 0) is 0 Å². The van der Waals surface area contributed by atoms with Gasteiger partial charge in [0.15, 0.2) is 5.13 Å². The molecule has 0 aliphatic heterocycles. The van der Waals surface area contributed by atoms with Crippen LogP contribution in [-0.4, -0.2) is 23.2 Å². The van der Waals surface area contributed by atoms with Gasteiger partial charge in [0, 0.05) is 33.1 Å². The fourth-order valence-electron chi connectivity index (χ4n) is 3.41. The van der Waals surface area contributed by atoms with Gasteiger partial charge in [-0.05, 0) is 55.5 Å². The Hall–Kier alpha value is -2.31. The van der Waals surface area contributed by atoms with Crippen molar-refractivity contribution in [2.75, 3.05) is 16.9 Å². The first-order chi connectivity index (χ1) is 13.7. The Kier molecular flexibility index (Phi) is 5.98. The largest absolute Gasteiger partial charge is 0.359 e. The van der Waals surface area contributed by atoms with Gasteiger partial charge < -0.3 is 10.6 Å². The molecule has 6 heteroatoms. The summed E-state index contributed by atoms with van der Waals surface area (Å²) in [5.74, 6) is -0.113. The number of carbonyl (C=O) groups is 1. The number of carbonyl (C=O) groups excluding carboxylic acids is 1. The lowest BCUT2D eigenvalue weighted by atomic mass is 10.1. The molecule has 1 aliphatic carbocycles. The highest BCUT2D eigenvalue weighted by atomic mass is 32.2. The van der Waals surface area contributed by atoms with Crippen LogP contribution in [0.15, 0.2) is 58.8 Å². The number of hydrogen-bond acceptors (Lipinski definition) is 5. The monoisotopic (exact) mass is 409 g/mol. The SMILES string of the molecule is CSc1ccc(NC(=O)c2cccc(-c3csc(NC4CCCC4)n3)c2)cc1. The summed E-state index contributed by atoms with van der Waals surface area (Å²) in [5.41, 5.74) is 3.29. The number of thiazole rings is 1. The molecule has 2 aromatic carbocycles. The maximum atomic E-state index is 12.6. The van der Waals surface area contributed by atoms with E-state index in [1.807, 2.05) is 54.8 Å². The quantitative estimate of drug-likeness (QED) is 0.480. The Labute approximate surface area is 173 Å². The first-order valence-corrected chi connectivity index (χ1v) is 11.6. The standard InChI is InChI=1S/C22H23N3OS2/c1-27-19-11-9-18(10-12-19)23-21(26)16-6-4-5-15(13-16)20-14-28-22(25-20)24-17-7-2-3-8-17/h4-6,9-14,17H,2-3,7-8H2,1H3,(H,23,26)(H,24,25). The lowest BCUT2D eigenvalue weighted by Crippen LogP contribution is -2.14. The van der Waals surface area contributed by atoms with Crippen molar-refractivity contribution in [3.63, 3.8) is 0 Å². The molecule has 4 nitrogen and oxygen atoms in total. The molecule has 4 rings (SSSR count). The maximum Gasteiger partial charge on any atom is 0.255 e. The summed E-state index contributed by atoms with van der Waals surface area (Å²) in [6.07, 6.45) is 7.08. The van der Waals surface area contributed by atoms with Crippen molar-refractivity contribution in [2.45, 2.75) is 36.6 Å². The van der Waals surface area contributed by atoms with Gasteiger partial charge in [0.1, 0.15) is 0 Å². The van der Waals surface area contributed by atoms with Crippen molar-refractivity contribution < 1.29 is 4.79 Å². The van der Waals surface area contributed by atoms with Crippen LogP contribution in [0.1, 0.15) is 36.0 Å². The van der Waals surface area contributed by atoms with Gasteiger partial charge in [-0.2, -0.15) is 0 Å². The molecule has 1 amide bonds. The van der Waals surface area contributed by atoms with Gasteiger partial charge in [-0.25, -0.2) is 4.98 Å². The van der Waals surface area contributed by atoms with E-state index in [4.69, 9.17) is 4.98 Å². The average molecular weight is 410 g/mol. The number of anilines is 2. The van der Waals surface area contributed by atoms with Gasteiger partial charge in [0.05, 0.1) is 5.69 Å². The van der Waals surface area contributed by atoms with Crippen molar-refractivity contribution in [1.29, 1.82) is 0 Å². The maximum absolute atomic E-state index is 12.6. The summed E-state index contributed by atoms with van der Waals surface area (Å²) in [7, 11) is 0. The second-order valence-electron chi connectivity index (χ2n) is 6.93. The minimum absolute atomic E-state index is 0.113. The lowest BCUT2D eigenvalue weighted by Gasteiger charge is -2.09. The minimum atomic E-state index is -0.113. The van der Waals surface area contributed by atoms with E-state index >= 15 is 0 Å². The van der Waals surface area contributed by atoms with Crippen molar-refractivity contribution in [3.8, 4) is 11.3 Å². The third-order valence-corrected chi connectivity index (χ3v) is 6.47. The van der Waals surface area contributed by atoms with Crippen LogP contribution in [0, 0.1) is 0 Å². The van der Waals surface area contributed by atoms with E-state index in [1.54, 1.807) is 23.1 Å². The fraction of sp³-hybridized carbons (Fsp3) is 0.273. The van der Waals surface area contributed by atoms with E-state index in [0.29, 0.717) is 11.6 Å². The Balaban J connectivity index is 1.46. The van der Waals surface area contributed by atoms with E-state index in [2.05, 4.69) is 16.0 Å². The zero-order chi connectivity index (χ0) is 19.3. The number of hydrogen-bond donors (Lipinski definition) is 2. The first-order valence-electron chi connectivity index (χ1n) is 9.49. The van der Waals surface area contributed by atoms with Gasteiger partial charge in [-0.1, -0.05) is 25.0 Å². The van der Waals surface area contributed by atoms with Gasteiger partial charge in [-0.3, -0.25) is 4.79 Å². The van der Waals surface area contributed by atoms with Crippen LogP contribution >= 0.6 is 23.1 Å². The highest BCUT2D eigenvalue weighted by Gasteiger charge is 2.16. The van der Waals surface area contributed by atoms with Gasteiger partial charge in [0.25, 0.3) is 5.91 Å². The van der Waals surface area contributed by atoms with Gasteiger partial charge in [0.2, 0.25) is 0 Å². The molecular weight excluding hydrogens is 386 g/mol. The van der Waals surface area contributed by atoms with Crippen LogP contribution in [0.5, 0.6) is 0 Å². The zero-order valence-electron chi connectivity index (χ0n) is 15.8. The summed E-state index contributed by atoms with van der Waals surface area (Å²) in [5, 5.41) is 9.51. The van der Waals surface area contributed by atoms with Crippen LogP contribution in [0.4, 0.5) is 10.8 Å². The number of nitrogens with one attached hydrogen (secondary N) is 2. The Bertz CT molecular complexity index is 946. The topological polar surface area (TPSA) is 54.0 Å². The van der Waals surface area contributed by atoms with Gasteiger partial charge >= 0.3 is 0 Å². The zero-order valence-corrected chi connectivity index (χ0v) is 17.4. The average Bonchev–Trinajstić information content (AvgIpc) is 3.41. The van der Waals surface area contributed by atoms with Crippen molar-refractivity contribution in [3.05, 3.63) is 59.5 Å². The van der Waals surface area contributed by atoms with Crippen LogP contribution in [0.2, 0.25) is 0 Å². The first kappa shape index (κ1) is 19.0. The molecule has 0 saturated heterocycles. The summed E-state index contributed by atoms with van der Waals surface area (Å²) < 4.78 is 0. The predicted molar refractivity (Wildman–Crippen MR) is 120 cm³/mol. The summed E-state index contributed by atoms with van der Waals surface area (Å²) >= 11 is 3.31. The highest BCUT2D eigenvalue weighted by molar-refractivity contribution is 7.98. The summed E-state index contributed by atoms with van der Waals surface area (Å²) in [4.78, 5) is 18.5. The third kappa shape index (κ3) is 4.56. The Morgan fingerprint density at radius 1 is 1.14 bits per heavy atom. The normalized spacial score (nSPS) is 14.2. The number of thioether (sulfide) groups is 1. The number of aromatic nitrogens is 1. The second-order valence-corrected chi connectivity index (χ2v) is 8.66. The molecule has 1 fully saturated rings.